The molecule has 0 heterocycles. The van der Waals surface area contributed by atoms with Gasteiger partial charge < -0.3 is 15.7 Å². The van der Waals surface area contributed by atoms with Crippen molar-refractivity contribution >= 4 is 34.0 Å². The molecule has 3 rings (SSSR count). The Kier molecular flexibility index (Phi) is 4.86. The first-order chi connectivity index (χ1) is 12.8. The van der Waals surface area contributed by atoms with Gasteiger partial charge in [-0.25, -0.2) is 0 Å². The minimum Gasteiger partial charge on any atom is -0.507 e. The number of carbonyl (C=O) groups excluding carboxylic acids is 2. The van der Waals surface area contributed by atoms with Crippen LogP contribution in [-0.4, -0.2) is 16.9 Å². The lowest BCUT2D eigenvalue weighted by atomic mass is 9.87. The first kappa shape index (κ1) is 18.5. The number of phenols is 1. The second kappa shape index (κ2) is 7.11. The summed E-state index contributed by atoms with van der Waals surface area (Å²) in [6.07, 6.45) is 0. The maximum Gasteiger partial charge on any atom is 0.314 e. The lowest BCUT2D eigenvalue weighted by molar-refractivity contribution is -0.132. The SMILES string of the molecule is CC(C)(C)c1ccc(NC(=O)C(=O)Nc2cccc3c(O)cccc23)cc1. The summed E-state index contributed by atoms with van der Waals surface area (Å²) in [6.45, 7) is 6.32. The normalized spacial score (nSPS) is 11.2. The molecule has 0 radical (unpaired) electrons. The van der Waals surface area contributed by atoms with Crippen molar-refractivity contribution in [3.05, 3.63) is 66.2 Å². The van der Waals surface area contributed by atoms with Crippen molar-refractivity contribution < 1.29 is 14.7 Å². The number of nitrogens with one attached hydrogen (secondary N) is 2. The molecule has 0 saturated carbocycles. The van der Waals surface area contributed by atoms with Gasteiger partial charge >= 0.3 is 11.8 Å². The van der Waals surface area contributed by atoms with Crippen LogP contribution in [0.3, 0.4) is 0 Å². The Hall–Kier alpha value is -3.34. The third-order valence-electron chi connectivity index (χ3n) is 4.36. The van der Waals surface area contributed by atoms with E-state index in [4.69, 9.17) is 0 Å². The summed E-state index contributed by atoms with van der Waals surface area (Å²) in [5, 5.41) is 16.4. The van der Waals surface area contributed by atoms with E-state index >= 15 is 0 Å². The molecule has 2 amide bonds. The standard InChI is InChI=1S/C22H22N2O3/c1-22(2,3)14-10-12-15(13-11-14)23-20(26)21(27)24-18-8-4-7-17-16(18)6-5-9-19(17)25/h4-13,25H,1-3H3,(H,23,26)(H,24,27). The molecular weight excluding hydrogens is 340 g/mol. The van der Waals surface area contributed by atoms with Crippen LogP contribution in [0.15, 0.2) is 60.7 Å². The van der Waals surface area contributed by atoms with Gasteiger partial charge in [-0.15, -0.1) is 0 Å². The molecule has 3 aromatic rings. The van der Waals surface area contributed by atoms with Gasteiger partial charge in [0.1, 0.15) is 5.75 Å². The molecule has 138 valence electrons. The molecule has 5 nitrogen and oxygen atoms in total. The van der Waals surface area contributed by atoms with E-state index in [0.29, 0.717) is 22.1 Å². The maximum atomic E-state index is 12.3. The van der Waals surface area contributed by atoms with Gasteiger partial charge in [0, 0.05) is 22.1 Å². The Morgan fingerprint density at radius 2 is 1.37 bits per heavy atom. The van der Waals surface area contributed by atoms with Gasteiger partial charge in [-0.05, 0) is 35.2 Å². The van der Waals surface area contributed by atoms with Gasteiger partial charge in [0.15, 0.2) is 0 Å². The second-order valence-corrected chi connectivity index (χ2v) is 7.41. The number of amides is 2. The van der Waals surface area contributed by atoms with E-state index < -0.39 is 11.8 Å². The number of hydrogen-bond acceptors (Lipinski definition) is 3. The van der Waals surface area contributed by atoms with Crippen LogP contribution in [0.5, 0.6) is 5.75 Å². The number of hydrogen-bond donors (Lipinski definition) is 3. The van der Waals surface area contributed by atoms with Crippen LogP contribution in [0.1, 0.15) is 26.3 Å². The molecule has 3 N–H and O–H groups in total. The number of rotatable bonds is 2. The quantitative estimate of drug-likeness (QED) is 0.591. The van der Waals surface area contributed by atoms with Crippen LogP contribution in [0, 0.1) is 0 Å². The lowest BCUT2D eigenvalue weighted by Crippen LogP contribution is -2.29. The van der Waals surface area contributed by atoms with Crippen LogP contribution in [0.25, 0.3) is 10.8 Å². The van der Waals surface area contributed by atoms with Crippen molar-refractivity contribution in [1.82, 2.24) is 0 Å². The molecule has 27 heavy (non-hydrogen) atoms. The maximum absolute atomic E-state index is 12.3. The Bertz CT molecular complexity index is 1000. The van der Waals surface area contributed by atoms with Gasteiger partial charge in [0.05, 0.1) is 0 Å². The highest BCUT2D eigenvalue weighted by atomic mass is 16.3. The fraction of sp³-hybridized carbons (Fsp3) is 0.182. The van der Waals surface area contributed by atoms with Crippen LogP contribution in [-0.2, 0) is 15.0 Å². The summed E-state index contributed by atoms with van der Waals surface area (Å²) >= 11 is 0. The zero-order chi connectivity index (χ0) is 19.6. The summed E-state index contributed by atoms with van der Waals surface area (Å²) in [5.74, 6) is -1.41. The largest absolute Gasteiger partial charge is 0.507 e. The number of aromatic hydroxyl groups is 1. The molecule has 0 aliphatic heterocycles. The molecule has 0 atom stereocenters. The molecule has 0 bridgehead atoms. The highest BCUT2D eigenvalue weighted by Crippen LogP contribution is 2.29. The Morgan fingerprint density at radius 1 is 0.778 bits per heavy atom. The minimum atomic E-state index is -0.772. The van der Waals surface area contributed by atoms with Gasteiger partial charge in [-0.2, -0.15) is 0 Å². The van der Waals surface area contributed by atoms with Gasteiger partial charge in [-0.3, -0.25) is 9.59 Å². The average Bonchev–Trinajstić information content (AvgIpc) is 2.62. The summed E-state index contributed by atoms with van der Waals surface area (Å²) in [7, 11) is 0. The Morgan fingerprint density at radius 3 is 2.04 bits per heavy atom. The highest BCUT2D eigenvalue weighted by Gasteiger charge is 2.17. The fourth-order valence-electron chi connectivity index (χ4n) is 2.82. The average molecular weight is 362 g/mol. The summed E-state index contributed by atoms with van der Waals surface area (Å²) < 4.78 is 0. The molecule has 0 aromatic heterocycles. The predicted molar refractivity (Wildman–Crippen MR) is 108 cm³/mol. The van der Waals surface area contributed by atoms with Crippen molar-refractivity contribution in [2.75, 3.05) is 10.6 Å². The zero-order valence-corrected chi connectivity index (χ0v) is 15.5. The van der Waals surface area contributed by atoms with Crippen molar-refractivity contribution in [1.29, 1.82) is 0 Å². The molecular formula is C22H22N2O3. The van der Waals surface area contributed by atoms with Crippen LogP contribution >= 0.6 is 0 Å². The van der Waals surface area contributed by atoms with E-state index in [1.165, 1.54) is 0 Å². The van der Waals surface area contributed by atoms with Gasteiger partial charge in [0.25, 0.3) is 0 Å². The van der Waals surface area contributed by atoms with E-state index in [1.807, 2.05) is 12.1 Å². The minimum absolute atomic E-state index is 0.0137. The summed E-state index contributed by atoms with van der Waals surface area (Å²) in [4.78, 5) is 24.5. The molecule has 3 aromatic carbocycles. The first-order valence-corrected chi connectivity index (χ1v) is 8.69. The monoisotopic (exact) mass is 362 g/mol. The van der Waals surface area contributed by atoms with E-state index in [1.54, 1.807) is 48.5 Å². The summed E-state index contributed by atoms with van der Waals surface area (Å²) in [5.41, 5.74) is 2.17. The molecule has 0 fully saturated rings. The molecule has 0 spiro atoms. The predicted octanol–water partition coefficient (Wildman–Crippen LogP) is 4.42. The number of fused-ring (bicyclic) bond motifs is 1. The van der Waals surface area contributed by atoms with E-state index in [0.717, 1.165) is 5.56 Å². The Balaban J connectivity index is 1.73. The van der Waals surface area contributed by atoms with Crippen molar-refractivity contribution in [2.24, 2.45) is 0 Å². The number of anilines is 2. The number of carbonyl (C=O) groups is 2. The third-order valence-corrected chi connectivity index (χ3v) is 4.36. The first-order valence-electron chi connectivity index (χ1n) is 8.69. The van der Waals surface area contributed by atoms with Crippen molar-refractivity contribution in [3.63, 3.8) is 0 Å². The topological polar surface area (TPSA) is 78.4 Å². The number of phenolic OH excluding ortho intramolecular Hbond substituents is 1. The van der Waals surface area contributed by atoms with E-state index in [-0.39, 0.29) is 11.2 Å². The van der Waals surface area contributed by atoms with Crippen molar-refractivity contribution in [2.45, 2.75) is 26.2 Å². The lowest BCUT2D eigenvalue weighted by Gasteiger charge is -2.19. The molecule has 5 heteroatoms. The zero-order valence-electron chi connectivity index (χ0n) is 15.5. The molecule has 0 aliphatic carbocycles. The second-order valence-electron chi connectivity index (χ2n) is 7.41. The smallest absolute Gasteiger partial charge is 0.314 e. The third kappa shape index (κ3) is 4.08. The Labute approximate surface area is 158 Å². The van der Waals surface area contributed by atoms with Crippen LogP contribution in [0.2, 0.25) is 0 Å². The molecule has 0 saturated heterocycles. The van der Waals surface area contributed by atoms with E-state index in [9.17, 15) is 14.7 Å². The van der Waals surface area contributed by atoms with Crippen molar-refractivity contribution in [3.8, 4) is 5.75 Å². The van der Waals surface area contributed by atoms with Gasteiger partial charge in [-0.1, -0.05) is 57.2 Å². The van der Waals surface area contributed by atoms with Crippen LogP contribution < -0.4 is 10.6 Å². The fourth-order valence-corrected chi connectivity index (χ4v) is 2.82. The highest BCUT2D eigenvalue weighted by molar-refractivity contribution is 6.44. The number of benzene rings is 3. The van der Waals surface area contributed by atoms with Crippen LogP contribution in [0.4, 0.5) is 11.4 Å². The molecule has 0 unspecified atom stereocenters. The summed E-state index contributed by atoms with van der Waals surface area (Å²) in [6, 6.07) is 17.6. The molecule has 0 aliphatic rings. The van der Waals surface area contributed by atoms with E-state index in [2.05, 4.69) is 31.4 Å². The van der Waals surface area contributed by atoms with Gasteiger partial charge in [0.2, 0.25) is 0 Å².